The third kappa shape index (κ3) is 5.12. The number of carbonyl (C=O) groups excluding carboxylic acids is 1. The van der Waals surface area contributed by atoms with Gasteiger partial charge in [0.05, 0.1) is 17.7 Å². The number of nitrogens with zero attached hydrogens (tertiary/aromatic N) is 3. The predicted octanol–water partition coefficient (Wildman–Crippen LogP) is 5.13. The SMILES string of the molecule is COCCCN1C(=O)/C(=C\c2ccn(-c3ccc(OC)cc3)c2)SC1=Nc1ccccc1. The van der Waals surface area contributed by atoms with Crippen molar-refractivity contribution in [1.29, 1.82) is 0 Å². The van der Waals surface area contributed by atoms with E-state index < -0.39 is 0 Å². The normalized spacial score (nSPS) is 16.3. The van der Waals surface area contributed by atoms with Crippen molar-refractivity contribution in [2.45, 2.75) is 6.42 Å². The highest BCUT2D eigenvalue weighted by Gasteiger charge is 2.33. The molecule has 2 heterocycles. The summed E-state index contributed by atoms with van der Waals surface area (Å²) in [5.41, 5.74) is 2.80. The smallest absolute Gasteiger partial charge is 0.266 e. The summed E-state index contributed by atoms with van der Waals surface area (Å²) in [7, 11) is 3.32. The van der Waals surface area contributed by atoms with Crippen LogP contribution in [-0.4, -0.2) is 47.9 Å². The van der Waals surface area contributed by atoms with Gasteiger partial charge in [0, 0.05) is 38.3 Å². The van der Waals surface area contributed by atoms with Crippen molar-refractivity contribution in [1.82, 2.24) is 9.47 Å². The molecule has 6 nitrogen and oxygen atoms in total. The second kappa shape index (κ2) is 10.3. The molecule has 0 unspecified atom stereocenters. The van der Waals surface area contributed by atoms with Gasteiger partial charge in [-0.15, -0.1) is 0 Å². The van der Waals surface area contributed by atoms with Gasteiger partial charge in [-0.25, -0.2) is 4.99 Å². The summed E-state index contributed by atoms with van der Waals surface area (Å²) >= 11 is 1.41. The Morgan fingerprint density at radius 1 is 1.03 bits per heavy atom. The number of rotatable bonds is 8. The Morgan fingerprint density at radius 2 is 1.81 bits per heavy atom. The standard InChI is InChI=1S/C25H25N3O3S/c1-30-16-6-14-28-24(29)23(32-25(28)26-20-7-4-3-5-8-20)17-19-13-15-27(18-19)21-9-11-22(31-2)12-10-21/h3-5,7-13,15,17-18H,6,14,16H2,1-2H3/b23-17+,26-25?. The molecule has 164 valence electrons. The molecule has 0 spiro atoms. The molecule has 1 fully saturated rings. The number of aliphatic imine (C=N–C) groups is 1. The van der Waals surface area contributed by atoms with E-state index in [1.165, 1.54) is 11.8 Å². The van der Waals surface area contributed by atoms with Crippen molar-refractivity contribution in [3.05, 3.63) is 83.5 Å². The summed E-state index contributed by atoms with van der Waals surface area (Å²) in [6, 6.07) is 19.5. The highest BCUT2D eigenvalue weighted by molar-refractivity contribution is 8.18. The summed E-state index contributed by atoms with van der Waals surface area (Å²) in [6.45, 7) is 1.16. The molecule has 1 saturated heterocycles. The number of thioether (sulfide) groups is 1. The molecule has 7 heteroatoms. The van der Waals surface area contributed by atoms with Gasteiger partial charge in [-0.3, -0.25) is 9.69 Å². The fraction of sp³-hybridized carbons (Fsp3) is 0.200. The van der Waals surface area contributed by atoms with Crippen LogP contribution in [0, 0.1) is 0 Å². The third-order valence-electron chi connectivity index (χ3n) is 4.98. The van der Waals surface area contributed by atoms with E-state index in [0.29, 0.717) is 23.2 Å². The van der Waals surface area contributed by atoms with E-state index in [2.05, 4.69) is 0 Å². The Bertz CT molecular complexity index is 1120. The first-order valence-electron chi connectivity index (χ1n) is 10.3. The molecule has 0 saturated carbocycles. The van der Waals surface area contributed by atoms with Crippen molar-refractivity contribution in [2.24, 2.45) is 4.99 Å². The number of hydrogen-bond donors (Lipinski definition) is 0. The second-order valence-electron chi connectivity index (χ2n) is 7.19. The van der Waals surface area contributed by atoms with E-state index in [9.17, 15) is 4.79 Å². The molecule has 1 aliphatic heterocycles. The van der Waals surface area contributed by atoms with Gasteiger partial charge < -0.3 is 14.0 Å². The van der Waals surface area contributed by atoms with Gasteiger partial charge in [-0.2, -0.15) is 0 Å². The Morgan fingerprint density at radius 3 is 2.53 bits per heavy atom. The quantitative estimate of drug-likeness (QED) is 0.355. The maximum absolute atomic E-state index is 13.1. The zero-order valence-electron chi connectivity index (χ0n) is 18.1. The van der Waals surface area contributed by atoms with Gasteiger partial charge in [0.1, 0.15) is 5.75 Å². The first-order valence-corrected chi connectivity index (χ1v) is 11.2. The van der Waals surface area contributed by atoms with Crippen LogP contribution in [0.2, 0.25) is 0 Å². The third-order valence-corrected chi connectivity index (χ3v) is 5.99. The zero-order chi connectivity index (χ0) is 22.3. The first kappa shape index (κ1) is 21.9. The Balaban J connectivity index is 1.58. The first-order chi connectivity index (χ1) is 15.7. The fourth-order valence-electron chi connectivity index (χ4n) is 3.33. The summed E-state index contributed by atoms with van der Waals surface area (Å²) in [6.07, 6.45) is 6.65. The average Bonchev–Trinajstić information content (AvgIpc) is 3.40. The van der Waals surface area contributed by atoms with Crippen molar-refractivity contribution in [3.8, 4) is 11.4 Å². The van der Waals surface area contributed by atoms with E-state index in [-0.39, 0.29) is 5.91 Å². The van der Waals surface area contributed by atoms with Crippen LogP contribution in [0.1, 0.15) is 12.0 Å². The van der Waals surface area contributed by atoms with Crippen LogP contribution in [0.15, 0.2) is 83.0 Å². The van der Waals surface area contributed by atoms with Crippen LogP contribution in [0.25, 0.3) is 11.8 Å². The van der Waals surface area contributed by atoms with Crippen molar-refractivity contribution in [3.63, 3.8) is 0 Å². The minimum atomic E-state index is -0.0296. The number of aromatic nitrogens is 1. The van der Waals surface area contributed by atoms with Crippen LogP contribution in [0.5, 0.6) is 5.75 Å². The molecule has 2 aromatic carbocycles. The van der Waals surface area contributed by atoms with Gasteiger partial charge >= 0.3 is 0 Å². The lowest BCUT2D eigenvalue weighted by molar-refractivity contribution is -0.122. The molecule has 4 rings (SSSR count). The lowest BCUT2D eigenvalue weighted by Crippen LogP contribution is -2.30. The monoisotopic (exact) mass is 447 g/mol. The lowest BCUT2D eigenvalue weighted by Gasteiger charge is -2.15. The maximum atomic E-state index is 13.1. The Kier molecular flexibility index (Phi) is 7.09. The average molecular weight is 448 g/mol. The van der Waals surface area contributed by atoms with Crippen LogP contribution in [0.4, 0.5) is 5.69 Å². The molecule has 0 radical (unpaired) electrons. The largest absolute Gasteiger partial charge is 0.497 e. The van der Waals surface area contributed by atoms with E-state index >= 15 is 0 Å². The molecular weight excluding hydrogens is 422 g/mol. The molecular formula is C25H25N3O3S. The van der Waals surface area contributed by atoms with E-state index in [1.807, 2.05) is 83.7 Å². The summed E-state index contributed by atoms with van der Waals surface area (Å²) in [4.78, 5) is 20.3. The molecule has 0 N–H and O–H groups in total. The Labute approximate surface area is 192 Å². The molecule has 1 aromatic heterocycles. The van der Waals surface area contributed by atoms with E-state index in [4.69, 9.17) is 14.5 Å². The van der Waals surface area contributed by atoms with Crippen molar-refractivity contribution < 1.29 is 14.3 Å². The van der Waals surface area contributed by atoms with E-state index in [1.54, 1.807) is 19.1 Å². The fourth-order valence-corrected chi connectivity index (χ4v) is 4.36. The molecule has 0 atom stereocenters. The highest BCUT2D eigenvalue weighted by Crippen LogP contribution is 2.34. The summed E-state index contributed by atoms with van der Waals surface area (Å²) < 4.78 is 12.4. The predicted molar refractivity (Wildman–Crippen MR) is 130 cm³/mol. The molecule has 1 aliphatic rings. The highest BCUT2D eigenvalue weighted by atomic mass is 32.2. The number of hydrogen-bond acceptors (Lipinski definition) is 5. The van der Waals surface area contributed by atoms with Gasteiger partial charge in [0.2, 0.25) is 0 Å². The number of para-hydroxylation sites is 1. The van der Waals surface area contributed by atoms with Crippen LogP contribution >= 0.6 is 11.8 Å². The van der Waals surface area contributed by atoms with Gasteiger partial charge in [0.25, 0.3) is 5.91 Å². The minimum absolute atomic E-state index is 0.0296. The lowest BCUT2D eigenvalue weighted by atomic mass is 10.3. The molecule has 0 aliphatic carbocycles. The number of amidine groups is 1. The maximum Gasteiger partial charge on any atom is 0.266 e. The van der Waals surface area contributed by atoms with E-state index in [0.717, 1.165) is 29.1 Å². The Hall–Kier alpha value is -3.29. The van der Waals surface area contributed by atoms with Crippen LogP contribution < -0.4 is 4.74 Å². The van der Waals surface area contributed by atoms with Crippen LogP contribution in [-0.2, 0) is 9.53 Å². The van der Waals surface area contributed by atoms with Crippen molar-refractivity contribution >= 4 is 34.6 Å². The molecule has 1 amide bonds. The van der Waals surface area contributed by atoms with Gasteiger partial charge in [0.15, 0.2) is 5.17 Å². The number of ether oxygens (including phenoxy) is 2. The summed E-state index contributed by atoms with van der Waals surface area (Å²) in [5, 5.41) is 0.693. The minimum Gasteiger partial charge on any atom is -0.497 e. The second-order valence-corrected chi connectivity index (χ2v) is 8.20. The molecule has 32 heavy (non-hydrogen) atoms. The topological polar surface area (TPSA) is 56.1 Å². The number of benzene rings is 2. The number of amides is 1. The number of carbonyl (C=O) groups is 1. The van der Waals surface area contributed by atoms with Crippen molar-refractivity contribution in [2.75, 3.05) is 27.4 Å². The molecule has 3 aromatic rings. The molecule has 0 bridgehead atoms. The van der Waals surface area contributed by atoms with Gasteiger partial charge in [-0.1, -0.05) is 18.2 Å². The number of methoxy groups -OCH3 is 2. The van der Waals surface area contributed by atoms with Crippen LogP contribution in [0.3, 0.4) is 0 Å². The van der Waals surface area contributed by atoms with Gasteiger partial charge in [-0.05, 0) is 72.3 Å². The summed E-state index contributed by atoms with van der Waals surface area (Å²) in [5.74, 6) is 0.785. The zero-order valence-corrected chi connectivity index (χ0v) is 18.9.